The summed E-state index contributed by atoms with van der Waals surface area (Å²) in [4.78, 5) is 11.4. The Morgan fingerprint density at radius 1 is 1.45 bits per heavy atom. The quantitative estimate of drug-likeness (QED) is 0.622. The molecule has 0 atom stereocenters. The van der Waals surface area contributed by atoms with Crippen LogP contribution in [0.5, 0.6) is 0 Å². The molecule has 1 amide bonds. The van der Waals surface area contributed by atoms with Crippen LogP contribution in [0, 0.1) is 5.41 Å². The summed E-state index contributed by atoms with van der Waals surface area (Å²) in [7, 11) is 3.62. The van der Waals surface area contributed by atoms with Crippen LogP contribution < -0.4 is 5.43 Å². The molecule has 0 fully saturated rings. The molecule has 0 saturated heterocycles. The number of nitrogens with zero attached hydrogens (tertiary/aromatic N) is 1. The van der Waals surface area contributed by atoms with Crippen molar-refractivity contribution in [3.8, 4) is 0 Å². The zero-order chi connectivity index (χ0) is 9.07. The lowest BCUT2D eigenvalue weighted by molar-refractivity contribution is -0.133. The van der Waals surface area contributed by atoms with Gasteiger partial charge in [-0.15, -0.1) is 0 Å². The summed E-state index contributed by atoms with van der Waals surface area (Å²) in [6.07, 6.45) is 0.854. The van der Waals surface area contributed by atoms with Crippen molar-refractivity contribution < 1.29 is 4.79 Å². The molecule has 11 heavy (non-hydrogen) atoms. The predicted molar refractivity (Wildman–Crippen MR) is 45.9 cm³/mol. The van der Waals surface area contributed by atoms with E-state index in [2.05, 4.69) is 5.43 Å². The first kappa shape index (κ1) is 10.4. The highest BCUT2D eigenvalue weighted by Crippen LogP contribution is 2.19. The minimum Gasteiger partial charge on any atom is -0.289 e. The molecule has 0 spiro atoms. The fourth-order valence-corrected chi connectivity index (χ4v) is 0.515. The Morgan fingerprint density at radius 2 is 1.91 bits per heavy atom. The van der Waals surface area contributed by atoms with Crippen LogP contribution in [-0.2, 0) is 4.79 Å². The smallest absolute Gasteiger partial charge is 0.239 e. The molecule has 0 aromatic rings. The molecule has 3 heteroatoms. The minimum atomic E-state index is -0.260. The van der Waals surface area contributed by atoms with Crippen LogP contribution in [0.2, 0.25) is 0 Å². The average molecular weight is 158 g/mol. The largest absolute Gasteiger partial charge is 0.289 e. The first-order valence-corrected chi connectivity index (χ1v) is 3.88. The molecule has 0 bridgehead atoms. The van der Waals surface area contributed by atoms with E-state index in [1.165, 1.54) is 0 Å². The number of rotatable bonds is 3. The molecule has 0 heterocycles. The van der Waals surface area contributed by atoms with Gasteiger partial charge in [-0.1, -0.05) is 20.8 Å². The van der Waals surface area contributed by atoms with E-state index in [0.29, 0.717) is 0 Å². The molecular weight excluding hydrogens is 140 g/mol. The Balaban J connectivity index is 4.02. The summed E-state index contributed by atoms with van der Waals surface area (Å²) in [5.41, 5.74) is 2.47. The molecule has 0 aliphatic heterocycles. The Labute approximate surface area is 68.7 Å². The number of hydrogen-bond donors (Lipinski definition) is 1. The molecule has 0 saturated carbocycles. The first-order chi connectivity index (χ1) is 4.90. The maximum atomic E-state index is 11.4. The highest BCUT2D eigenvalue weighted by Gasteiger charge is 2.25. The van der Waals surface area contributed by atoms with E-state index in [1.807, 2.05) is 34.9 Å². The summed E-state index contributed by atoms with van der Waals surface area (Å²) < 4.78 is 0. The number of nitrogens with one attached hydrogen (secondary N) is 1. The van der Waals surface area contributed by atoms with Crippen molar-refractivity contribution in [2.75, 3.05) is 14.1 Å². The summed E-state index contributed by atoms with van der Waals surface area (Å²) in [5.74, 6) is 0.0741. The van der Waals surface area contributed by atoms with E-state index in [1.54, 1.807) is 5.01 Å². The van der Waals surface area contributed by atoms with Gasteiger partial charge in [-0.3, -0.25) is 10.2 Å². The van der Waals surface area contributed by atoms with Crippen molar-refractivity contribution in [1.29, 1.82) is 0 Å². The highest BCUT2D eigenvalue weighted by atomic mass is 16.2. The van der Waals surface area contributed by atoms with E-state index in [0.717, 1.165) is 6.42 Å². The second kappa shape index (κ2) is 3.72. The van der Waals surface area contributed by atoms with Gasteiger partial charge in [-0.05, 0) is 6.42 Å². The Morgan fingerprint density at radius 3 is 2.18 bits per heavy atom. The van der Waals surface area contributed by atoms with Gasteiger partial charge in [0.2, 0.25) is 5.91 Å². The third kappa shape index (κ3) is 3.37. The van der Waals surface area contributed by atoms with Crippen molar-refractivity contribution in [3.63, 3.8) is 0 Å². The van der Waals surface area contributed by atoms with Gasteiger partial charge in [0, 0.05) is 19.5 Å². The maximum Gasteiger partial charge on any atom is 0.239 e. The summed E-state index contributed by atoms with van der Waals surface area (Å²) >= 11 is 0. The third-order valence-corrected chi connectivity index (χ3v) is 1.82. The van der Waals surface area contributed by atoms with Gasteiger partial charge < -0.3 is 0 Å². The molecule has 0 radical (unpaired) electrons. The van der Waals surface area contributed by atoms with Crippen LogP contribution in [0.15, 0.2) is 0 Å². The maximum absolute atomic E-state index is 11.4. The number of carbonyl (C=O) groups is 1. The summed E-state index contributed by atoms with van der Waals surface area (Å²) in [5, 5.41) is 1.67. The standard InChI is InChI=1S/C8H18N2O/c1-6-8(2,3)7(11)9-10(4)5/h6H2,1-5H3,(H,9,11). The van der Waals surface area contributed by atoms with Crippen molar-refractivity contribution in [1.82, 2.24) is 10.4 Å². The second-order valence-corrected chi connectivity index (χ2v) is 3.57. The fraction of sp³-hybridized carbons (Fsp3) is 0.875. The highest BCUT2D eigenvalue weighted by molar-refractivity contribution is 5.81. The monoisotopic (exact) mass is 158 g/mol. The summed E-state index contributed by atoms with van der Waals surface area (Å²) in [6, 6.07) is 0. The molecule has 0 aliphatic carbocycles. The third-order valence-electron chi connectivity index (χ3n) is 1.82. The zero-order valence-electron chi connectivity index (χ0n) is 8.06. The molecule has 0 aromatic carbocycles. The lowest BCUT2D eigenvalue weighted by Gasteiger charge is -2.23. The number of amides is 1. The van der Waals surface area contributed by atoms with E-state index in [9.17, 15) is 4.79 Å². The van der Waals surface area contributed by atoms with Gasteiger partial charge in [-0.25, -0.2) is 5.01 Å². The molecular formula is C8H18N2O. The summed E-state index contributed by atoms with van der Waals surface area (Å²) in [6.45, 7) is 5.88. The predicted octanol–water partition coefficient (Wildman–Crippen LogP) is 1.02. The van der Waals surface area contributed by atoms with Crippen molar-refractivity contribution in [2.45, 2.75) is 27.2 Å². The minimum absolute atomic E-state index is 0.0741. The second-order valence-electron chi connectivity index (χ2n) is 3.57. The molecule has 0 unspecified atom stereocenters. The molecule has 66 valence electrons. The first-order valence-electron chi connectivity index (χ1n) is 3.88. The number of hydrogen-bond acceptors (Lipinski definition) is 2. The van der Waals surface area contributed by atoms with Gasteiger partial charge in [0.1, 0.15) is 0 Å². The lowest BCUT2D eigenvalue weighted by Crippen LogP contribution is -2.43. The molecule has 1 N–H and O–H groups in total. The van der Waals surface area contributed by atoms with Crippen LogP contribution >= 0.6 is 0 Å². The van der Waals surface area contributed by atoms with Gasteiger partial charge in [0.25, 0.3) is 0 Å². The van der Waals surface area contributed by atoms with E-state index >= 15 is 0 Å². The SMILES string of the molecule is CCC(C)(C)C(=O)NN(C)C. The van der Waals surface area contributed by atoms with Gasteiger partial charge in [0.05, 0.1) is 0 Å². The van der Waals surface area contributed by atoms with Crippen molar-refractivity contribution >= 4 is 5.91 Å². The molecule has 3 nitrogen and oxygen atoms in total. The Kier molecular flexibility index (Phi) is 3.52. The topological polar surface area (TPSA) is 32.3 Å². The zero-order valence-corrected chi connectivity index (χ0v) is 8.06. The van der Waals surface area contributed by atoms with Crippen LogP contribution in [0.25, 0.3) is 0 Å². The number of carbonyl (C=O) groups excluding carboxylic acids is 1. The van der Waals surface area contributed by atoms with Crippen LogP contribution in [0.1, 0.15) is 27.2 Å². The van der Waals surface area contributed by atoms with Gasteiger partial charge in [0.15, 0.2) is 0 Å². The fourth-order valence-electron chi connectivity index (χ4n) is 0.515. The lowest BCUT2D eigenvalue weighted by atomic mass is 9.90. The van der Waals surface area contributed by atoms with Crippen LogP contribution in [-0.4, -0.2) is 25.0 Å². The van der Waals surface area contributed by atoms with E-state index < -0.39 is 0 Å². The molecule has 0 aliphatic rings. The van der Waals surface area contributed by atoms with E-state index in [4.69, 9.17) is 0 Å². The van der Waals surface area contributed by atoms with Crippen molar-refractivity contribution in [3.05, 3.63) is 0 Å². The molecule has 0 rings (SSSR count). The van der Waals surface area contributed by atoms with Crippen LogP contribution in [0.4, 0.5) is 0 Å². The molecule has 0 aromatic heterocycles. The Hall–Kier alpha value is -0.570. The van der Waals surface area contributed by atoms with Crippen molar-refractivity contribution in [2.24, 2.45) is 5.41 Å². The Bertz CT molecular complexity index is 141. The normalized spacial score (nSPS) is 11.8. The number of hydrazine groups is 1. The van der Waals surface area contributed by atoms with Gasteiger partial charge in [-0.2, -0.15) is 0 Å². The average Bonchev–Trinajstić information content (AvgIpc) is 1.86. The van der Waals surface area contributed by atoms with Crippen LogP contribution in [0.3, 0.4) is 0 Å². The van der Waals surface area contributed by atoms with E-state index in [-0.39, 0.29) is 11.3 Å². The van der Waals surface area contributed by atoms with Gasteiger partial charge >= 0.3 is 0 Å².